The molecule has 8 heteroatoms. The largest absolute Gasteiger partial charge is 0.444 e. The topological polar surface area (TPSA) is 84.0 Å². The van der Waals surface area contributed by atoms with E-state index in [1.165, 1.54) is 5.56 Å². The number of aliphatic imine (C=N–C) groups is 1. The first-order valence-corrected chi connectivity index (χ1v) is 9.44. The maximum absolute atomic E-state index is 11.5. The lowest BCUT2D eigenvalue weighted by Gasteiger charge is -2.19. The van der Waals surface area contributed by atoms with Crippen LogP contribution in [-0.2, 0) is 15.9 Å². The second-order valence-electron chi connectivity index (χ2n) is 7.06. The van der Waals surface area contributed by atoms with E-state index in [-0.39, 0.29) is 24.0 Å². The van der Waals surface area contributed by atoms with E-state index in [0.717, 1.165) is 26.0 Å². The van der Waals surface area contributed by atoms with Crippen molar-refractivity contribution in [3.8, 4) is 0 Å². The van der Waals surface area contributed by atoms with Crippen molar-refractivity contribution < 1.29 is 14.3 Å². The Hall–Kier alpha value is -1.55. The number of alkyl carbamates (subject to hydrolysis) is 1. The number of ether oxygens (including phenoxy) is 2. The van der Waals surface area contributed by atoms with Gasteiger partial charge in [0.1, 0.15) is 5.60 Å². The minimum absolute atomic E-state index is 0. The third-order valence-corrected chi connectivity index (χ3v) is 3.45. The molecule has 0 atom stereocenters. The number of nitrogens with one attached hydrogen (secondary N) is 3. The lowest BCUT2D eigenvalue weighted by molar-refractivity contribution is 0.0529. The van der Waals surface area contributed by atoms with Gasteiger partial charge in [-0.2, -0.15) is 0 Å². The molecule has 28 heavy (non-hydrogen) atoms. The van der Waals surface area contributed by atoms with E-state index in [4.69, 9.17) is 9.47 Å². The van der Waals surface area contributed by atoms with E-state index in [2.05, 4.69) is 33.1 Å². The zero-order valence-electron chi connectivity index (χ0n) is 17.4. The Balaban J connectivity index is 0.00000729. The molecule has 160 valence electrons. The average Bonchev–Trinajstić information content (AvgIpc) is 2.62. The number of hydrogen-bond acceptors (Lipinski definition) is 4. The number of rotatable bonds is 10. The van der Waals surface area contributed by atoms with Crippen LogP contribution in [0.3, 0.4) is 0 Å². The third-order valence-electron chi connectivity index (χ3n) is 3.45. The first-order chi connectivity index (χ1) is 12.9. The van der Waals surface area contributed by atoms with Crippen molar-refractivity contribution in [1.82, 2.24) is 16.0 Å². The van der Waals surface area contributed by atoms with Crippen molar-refractivity contribution in [1.29, 1.82) is 0 Å². The Morgan fingerprint density at radius 2 is 1.64 bits per heavy atom. The number of benzene rings is 1. The summed E-state index contributed by atoms with van der Waals surface area (Å²) in [6.45, 7) is 8.73. The normalized spacial score (nSPS) is 11.4. The van der Waals surface area contributed by atoms with Gasteiger partial charge in [0.15, 0.2) is 5.96 Å². The molecule has 0 heterocycles. The first-order valence-electron chi connectivity index (χ1n) is 9.44. The molecule has 1 aromatic rings. The standard InChI is InChI=1S/C20H34N4O3.HI/c1-20(2,3)27-19(25)24-14-13-23-18(21-4)22-12-8-15-26-16-11-17-9-6-5-7-10-17;/h5-7,9-10H,8,11-16H2,1-4H3,(H,24,25)(H2,21,22,23);1H. The minimum atomic E-state index is -0.488. The quantitative estimate of drug-likeness (QED) is 0.197. The molecule has 0 saturated carbocycles. The van der Waals surface area contributed by atoms with Crippen molar-refractivity contribution in [2.24, 2.45) is 4.99 Å². The van der Waals surface area contributed by atoms with E-state index in [9.17, 15) is 4.79 Å². The fraction of sp³-hybridized carbons (Fsp3) is 0.600. The summed E-state index contributed by atoms with van der Waals surface area (Å²) in [5.74, 6) is 0.699. The van der Waals surface area contributed by atoms with Gasteiger partial charge in [-0.1, -0.05) is 30.3 Å². The third kappa shape index (κ3) is 14.5. The van der Waals surface area contributed by atoms with Crippen LogP contribution in [0.25, 0.3) is 0 Å². The predicted molar refractivity (Wildman–Crippen MR) is 125 cm³/mol. The van der Waals surface area contributed by atoms with Crippen molar-refractivity contribution >= 4 is 36.0 Å². The van der Waals surface area contributed by atoms with Crippen LogP contribution in [-0.4, -0.2) is 57.5 Å². The Labute approximate surface area is 186 Å². The van der Waals surface area contributed by atoms with Gasteiger partial charge >= 0.3 is 6.09 Å². The molecule has 0 spiro atoms. The van der Waals surface area contributed by atoms with E-state index >= 15 is 0 Å². The number of nitrogens with zero attached hydrogens (tertiary/aromatic N) is 1. The number of guanidine groups is 1. The summed E-state index contributed by atoms with van der Waals surface area (Å²) in [6.07, 6.45) is 1.41. The van der Waals surface area contributed by atoms with Gasteiger partial charge in [0, 0.05) is 33.3 Å². The van der Waals surface area contributed by atoms with Crippen LogP contribution in [0.5, 0.6) is 0 Å². The Morgan fingerprint density at radius 3 is 2.29 bits per heavy atom. The molecular formula is C20H35IN4O3. The molecule has 0 aliphatic heterocycles. The number of carbonyl (C=O) groups is 1. The van der Waals surface area contributed by atoms with Crippen molar-refractivity contribution in [2.75, 3.05) is 39.9 Å². The monoisotopic (exact) mass is 506 g/mol. The highest BCUT2D eigenvalue weighted by Crippen LogP contribution is 2.06. The second kappa shape index (κ2) is 15.4. The average molecular weight is 506 g/mol. The first kappa shape index (κ1) is 26.4. The zero-order valence-corrected chi connectivity index (χ0v) is 19.7. The van der Waals surface area contributed by atoms with Crippen LogP contribution in [0.1, 0.15) is 32.8 Å². The number of hydrogen-bond donors (Lipinski definition) is 3. The fourth-order valence-electron chi connectivity index (χ4n) is 2.20. The Kier molecular flexibility index (Phi) is 14.5. The van der Waals surface area contributed by atoms with E-state index in [0.29, 0.717) is 25.7 Å². The molecular weight excluding hydrogens is 471 g/mol. The lowest BCUT2D eigenvalue weighted by atomic mass is 10.2. The molecule has 3 N–H and O–H groups in total. The molecule has 0 radical (unpaired) electrons. The van der Waals surface area contributed by atoms with Crippen molar-refractivity contribution in [3.05, 3.63) is 35.9 Å². The van der Waals surface area contributed by atoms with Gasteiger partial charge in [-0.25, -0.2) is 4.79 Å². The summed E-state index contributed by atoms with van der Waals surface area (Å²) >= 11 is 0. The maximum atomic E-state index is 11.5. The molecule has 0 saturated heterocycles. The van der Waals surface area contributed by atoms with Crippen molar-refractivity contribution in [2.45, 2.75) is 39.2 Å². The maximum Gasteiger partial charge on any atom is 0.407 e. The second-order valence-corrected chi connectivity index (χ2v) is 7.06. The molecule has 0 aliphatic rings. The van der Waals surface area contributed by atoms with Gasteiger partial charge in [0.2, 0.25) is 0 Å². The van der Waals surface area contributed by atoms with Gasteiger partial charge in [0.05, 0.1) is 6.61 Å². The van der Waals surface area contributed by atoms with Gasteiger partial charge < -0.3 is 25.4 Å². The van der Waals surface area contributed by atoms with E-state index in [1.54, 1.807) is 7.05 Å². The van der Waals surface area contributed by atoms with Gasteiger partial charge in [-0.15, -0.1) is 24.0 Å². The van der Waals surface area contributed by atoms with Crippen LogP contribution in [0.2, 0.25) is 0 Å². The molecule has 0 aliphatic carbocycles. The molecule has 7 nitrogen and oxygen atoms in total. The van der Waals surface area contributed by atoms with E-state index < -0.39 is 11.7 Å². The number of carbonyl (C=O) groups excluding carboxylic acids is 1. The highest BCUT2D eigenvalue weighted by Gasteiger charge is 2.15. The summed E-state index contributed by atoms with van der Waals surface area (Å²) in [5, 5.41) is 9.05. The Morgan fingerprint density at radius 1 is 1.00 bits per heavy atom. The van der Waals surface area contributed by atoms with Gasteiger partial charge in [0.25, 0.3) is 0 Å². The molecule has 1 amide bonds. The van der Waals surface area contributed by atoms with Crippen molar-refractivity contribution in [3.63, 3.8) is 0 Å². The summed E-state index contributed by atoms with van der Waals surface area (Å²) in [7, 11) is 1.72. The van der Waals surface area contributed by atoms with E-state index in [1.807, 2.05) is 39.0 Å². The molecule has 1 rings (SSSR count). The van der Waals surface area contributed by atoms with Gasteiger partial charge in [-0.3, -0.25) is 4.99 Å². The smallest absolute Gasteiger partial charge is 0.407 e. The highest BCUT2D eigenvalue weighted by atomic mass is 127. The number of amides is 1. The summed E-state index contributed by atoms with van der Waals surface area (Å²) < 4.78 is 10.8. The molecule has 0 bridgehead atoms. The highest BCUT2D eigenvalue weighted by molar-refractivity contribution is 14.0. The SMILES string of the molecule is CN=C(NCCCOCCc1ccccc1)NCCNC(=O)OC(C)(C)C.I. The summed E-state index contributed by atoms with van der Waals surface area (Å²) in [4.78, 5) is 15.7. The molecule has 1 aromatic carbocycles. The van der Waals surface area contributed by atoms with Crippen LogP contribution >= 0.6 is 24.0 Å². The van der Waals surface area contributed by atoms with Crippen LogP contribution in [0.15, 0.2) is 35.3 Å². The van der Waals surface area contributed by atoms with Gasteiger partial charge in [-0.05, 0) is 39.2 Å². The Bertz CT molecular complexity index is 562. The lowest BCUT2D eigenvalue weighted by Crippen LogP contribution is -2.42. The van der Waals surface area contributed by atoms with Crippen LogP contribution in [0, 0.1) is 0 Å². The molecule has 0 unspecified atom stereocenters. The molecule has 0 aromatic heterocycles. The minimum Gasteiger partial charge on any atom is -0.444 e. The zero-order chi connectivity index (χ0) is 20.0. The van der Waals surface area contributed by atoms with Crippen LogP contribution < -0.4 is 16.0 Å². The fourth-order valence-corrected chi connectivity index (χ4v) is 2.20. The summed E-state index contributed by atoms with van der Waals surface area (Å²) in [5.41, 5.74) is 0.804. The summed E-state index contributed by atoms with van der Waals surface area (Å²) in [6, 6.07) is 10.3. The number of halogens is 1. The van der Waals surface area contributed by atoms with Crippen LogP contribution in [0.4, 0.5) is 4.79 Å². The molecule has 0 fully saturated rings. The predicted octanol–water partition coefficient (Wildman–Crippen LogP) is 2.94.